The fourth-order valence-electron chi connectivity index (χ4n) is 3.27. The normalized spacial score (nSPS) is 16.1. The minimum atomic E-state index is -1.14. The largest absolute Gasteiger partial charge is 0.497 e. The van der Waals surface area contributed by atoms with Crippen LogP contribution in [0.4, 0.5) is 5.82 Å². The van der Waals surface area contributed by atoms with Crippen LogP contribution in [0, 0.1) is 0 Å². The van der Waals surface area contributed by atoms with E-state index in [0.717, 1.165) is 25.9 Å². The standard InChI is InChI=1S/C19H25N3O5/c1-26-15-7-5-13(6-8-15)17-16(19(24)25)18(21-27-17)20-11-14(23)12-22-9-3-2-4-10-22/h5-8,14,23H,2-4,9-12H2,1H3,(H,20,21)(H,24,25). The Kier molecular flexibility index (Phi) is 6.31. The molecule has 1 aromatic carbocycles. The summed E-state index contributed by atoms with van der Waals surface area (Å²) in [7, 11) is 1.56. The number of hydrogen-bond donors (Lipinski definition) is 3. The number of piperidine rings is 1. The van der Waals surface area contributed by atoms with E-state index in [1.807, 2.05) is 0 Å². The smallest absolute Gasteiger partial charge is 0.343 e. The van der Waals surface area contributed by atoms with Gasteiger partial charge in [-0.1, -0.05) is 11.6 Å². The van der Waals surface area contributed by atoms with Gasteiger partial charge in [-0.05, 0) is 50.2 Å². The molecule has 1 aromatic heterocycles. The topological polar surface area (TPSA) is 108 Å². The van der Waals surface area contributed by atoms with Gasteiger partial charge in [-0.15, -0.1) is 0 Å². The second-order valence-corrected chi connectivity index (χ2v) is 6.66. The summed E-state index contributed by atoms with van der Waals surface area (Å²) >= 11 is 0. The van der Waals surface area contributed by atoms with Crippen molar-refractivity contribution >= 4 is 11.8 Å². The number of aromatic carboxylic acids is 1. The zero-order valence-electron chi connectivity index (χ0n) is 15.4. The summed E-state index contributed by atoms with van der Waals surface area (Å²) in [5.74, 6) is -0.200. The average Bonchev–Trinajstić information content (AvgIpc) is 3.11. The van der Waals surface area contributed by atoms with E-state index in [9.17, 15) is 15.0 Å². The van der Waals surface area contributed by atoms with Gasteiger partial charge in [-0.2, -0.15) is 0 Å². The lowest BCUT2D eigenvalue weighted by molar-refractivity contribution is 0.0697. The number of β-amino-alcohol motifs (C(OH)–C–C–N with tert-alkyl or cyclic N) is 1. The molecule has 3 N–H and O–H groups in total. The Bertz CT molecular complexity index is 753. The Morgan fingerprint density at radius 3 is 2.63 bits per heavy atom. The molecule has 2 heterocycles. The second-order valence-electron chi connectivity index (χ2n) is 6.66. The van der Waals surface area contributed by atoms with E-state index in [2.05, 4.69) is 15.4 Å². The SMILES string of the molecule is COc1ccc(-c2onc(NCC(O)CN3CCCCC3)c2C(=O)O)cc1. The molecule has 0 bridgehead atoms. The van der Waals surface area contributed by atoms with E-state index in [-0.39, 0.29) is 23.7 Å². The molecule has 0 amide bonds. The van der Waals surface area contributed by atoms with Crippen LogP contribution in [0.1, 0.15) is 29.6 Å². The quantitative estimate of drug-likeness (QED) is 0.645. The molecule has 1 unspecified atom stereocenters. The first kappa shape index (κ1) is 19.2. The molecule has 1 atom stereocenters. The number of aliphatic hydroxyl groups is 1. The van der Waals surface area contributed by atoms with Crippen LogP contribution in [0.25, 0.3) is 11.3 Å². The van der Waals surface area contributed by atoms with Crippen LogP contribution in [-0.4, -0.2) is 65.6 Å². The maximum absolute atomic E-state index is 11.7. The van der Waals surface area contributed by atoms with E-state index in [4.69, 9.17) is 9.26 Å². The number of aromatic nitrogens is 1. The van der Waals surface area contributed by atoms with Gasteiger partial charge in [0.2, 0.25) is 0 Å². The third-order valence-electron chi connectivity index (χ3n) is 4.68. The molecular formula is C19H25N3O5. The summed E-state index contributed by atoms with van der Waals surface area (Å²) in [5.41, 5.74) is 0.535. The Morgan fingerprint density at radius 2 is 2.00 bits per heavy atom. The number of ether oxygens (including phenoxy) is 1. The average molecular weight is 375 g/mol. The summed E-state index contributed by atoms with van der Waals surface area (Å²) < 4.78 is 10.4. The van der Waals surface area contributed by atoms with Gasteiger partial charge in [-0.25, -0.2) is 4.79 Å². The number of hydrogen-bond acceptors (Lipinski definition) is 7. The van der Waals surface area contributed by atoms with Crippen LogP contribution in [0.5, 0.6) is 5.75 Å². The van der Waals surface area contributed by atoms with Crippen LogP contribution in [0.3, 0.4) is 0 Å². The van der Waals surface area contributed by atoms with Gasteiger partial charge in [0, 0.05) is 18.7 Å². The number of rotatable bonds is 8. The number of methoxy groups -OCH3 is 1. The highest BCUT2D eigenvalue weighted by atomic mass is 16.5. The number of carboxylic acid groups (broad SMARTS) is 1. The van der Waals surface area contributed by atoms with Crippen LogP contribution < -0.4 is 10.1 Å². The zero-order chi connectivity index (χ0) is 19.2. The first-order valence-corrected chi connectivity index (χ1v) is 9.10. The van der Waals surface area contributed by atoms with E-state index in [1.54, 1.807) is 31.4 Å². The molecule has 1 fully saturated rings. The molecular weight excluding hydrogens is 350 g/mol. The monoisotopic (exact) mass is 375 g/mol. The van der Waals surface area contributed by atoms with Crippen molar-refractivity contribution in [2.75, 3.05) is 38.6 Å². The summed E-state index contributed by atoms with van der Waals surface area (Å²) in [4.78, 5) is 13.9. The molecule has 0 aliphatic carbocycles. The number of anilines is 1. The number of aliphatic hydroxyl groups excluding tert-OH is 1. The molecule has 1 aliphatic rings. The molecule has 1 saturated heterocycles. The summed E-state index contributed by atoms with van der Waals surface area (Å²) in [6.45, 7) is 2.73. The van der Waals surface area contributed by atoms with Crippen molar-refractivity contribution in [2.45, 2.75) is 25.4 Å². The van der Waals surface area contributed by atoms with E-state index in [0.29, 0.717) is 17.9 Å². The van der Waals surface area contributed by atoms with Crippen molar-refractivity contribution in [3.8, 4) is 17.1 Å². The van der Waals surface area contributed by atoms with Crippen LogP contribution in [0.15, 0.2) is 28.8 Å². The number of nitrogens with one attached hydrogen (secondary N) is 1. The molecule has 146 valence electrons. The predicted molar refractivity (Wildman–Crippen MR) is 100 cm³/mol. The van der Waals surface area contributed by atoms with Crippen molar-refractivity contribution in [1.29, 1.82) is 0 Å². The highest BCUT2D eigenvalue weighted by Crippen LogP contribution is 2.30. The van der Waals surface area contributed by atoms with Crippen LogP contribution in [0.2, 0.25) is 0 Å². The van der Waals surface area contributed by atoms with Gasteiger partial charge in [-0.3, -0.25) is 0 Å². The van der Waals surface area contributed by atoms with Crippen molar-refractivity contribution in [2.24, 2.45) is 0 Å². The fraction of sp³-hybridized carbons (Fsp3) is 0.474. The third kappa shape index (κ3) is 4.78. The number of carbonyl (C=O) groups is 1. The third-order valence-corrected chi connectivity index (χ3v) is 4.68. The summed E-state index contributed by atoms with van der Waals surface area (Å²) in [5, 5.41) is 26.6. The van der Waals surface area contributed by atoms with E-state index in [1.165, 1.54) is 6.42 Å². The lowest BCUT2D eigenvalue weighted by atomic mass is 10.1. The van der Waals surface area contributed by atoms with Gasteiger partial charge in [0.05, 0.1) is 13.2 Å². The minimum absolute atomic E-state index is 0.0506. The zero-order valence-corrected chi connectivity index (χ0v) is 15.4. The van der Waals surface area contributed by atoms with Gasteiger partial charge in [0.15, 0.2) is 17.1 Å². The van der Waals surface area contributed by atoms with E-state index < -0.39 is 12.1 Å². The summed E-state index contributed by atoms with van der Waals surface area (Å²) in [6.07, 6.45) is 2.92. The van der Waals surface area contributed by atoms with Gasteiger partial charge in [0.25, 0.3) is 0 Å². The second kappa shape index (κ2) is 8.88. The Balaban J connectivity index is 1.68. The van der Waals surface area contributed by atoms with Gasteiger partial charge in [0.1, 0.15) is 5.75 Å². The Labute approximate surface area is 157 Å². The number of nitrogens with zero attached hydrogens (tertiary/aromatic N) is 2. The molecule has 0 radical (unpaired) electrons. The number of benzene rings is 1. The maximum Gasteiger partial charge on any atom is 0.343 e. The lowest BCUT2D eigenvalue weighted by Crippen LogP contribution is -2.39. The minimum Gasteiger partial charge on any atom is -0.497 e. The predicted octanol–water partition coefficient (Wildman–Crippen LogP) is 2.31. The Morgan fingerprint density at radius 1 is 1.30 bits per heavy atom. The fourth-order valence-corrected chi connectivity index (χ4v) is 3.27. The Hall–Kier alpha value is -2.58. The van der Waals surface area contributed by atoms with Crippen molar-refractivity contribution < 1.29 is 24.3 Å². The molecule has 0 spiro atoms. The van der Waals surface area contributed by atoms with Crippen molar-refractivity contribution in [3.63, 3.8) is 0 Å². The molecule has 27 heavy (non-hydrogen) atoms. The first-order valence-electron chi connectivity index (χ1n) is 9.10. The highest BCUT2D eigenvalue weighted by Gasteiger charge is 2.24. The van der Waals surface area contributed by atoms with Crippen molar-refractivity contribution in [3.05, 3.63) is 29.8 Å². The molecule has 0 saturated carbocycles. The van der Waals surface area contributed by atoms with Gasteiger partial charge < -0.3 is 29.7 Å². The number of likely N-dealkylation sites (tertiary alicyclic amines) is 1. The number of carboxylic acids is 1. The summed E-state index contributed by atoms with van der Waals surface area (Å²) in [6, 6.07) is 6.86. The van der Waals surface area contributed by atoms with Gasteiger partial charge >= 0.3 is 5.97 Å². The first-order chi connectivity index (χ1) is 13.1. The van der Waals surface area contributed by atoms with Crippen molar-refractivity contribution in [1.82, 2.24) is 10.1 Å². The van der Waals surface area contributed by atoms with E-state index >= 15 is 0 Å². The molecule has 3 rings (SSSR count). The molecule has 2 aromatic rings. The maximum atomic E-state index is 11.7. The van der Waals surface area contributed by atoms with Crippen LogP contribution >= 0.6 is 0 Å². The lowest BCUT2D eigenvalue weighted by Gasteiger charge is -2.28. The molecule has 1 aliphatic heterocycles. The highest BCUT2D eigenvalue weighted by molar-refractivity contribution is 5.99. The molecule has 8 nitrogen and oxygen atoms in total. The van der Waals surface area contributed by atoms with Crippen LogP contribution in [-0.2, 0) is 0 Å². The molecule has 8 heteroatoms.